The Labute approximate surface area is 301 Å². The molecule has 6 nitrogen and oxygen atoms in total. The number of hydrogen-bond donors (Lipinski definition) is 0. The van der Waals surface area contributed by atoms with Crippen molar-refractivity contribution in [3.8, 4) is 78.7 Å². The lowest BCUT2D eigenvalue weighted by Crippen LogP contribution is -2.01. The minimum absolute atomic E-state index is 0.567. The quantitative estimate of drug-likeness (QED) is 0.168. The molecule has 0 fully saturated rings. The van der Waals surface area contributed by atoms with Crippen LogP contribution in [0.2, 0.25) is 0 Å². The Morgan fingerprint density at radius 1 is 0.288 bits per heavy atom. The lowest BCUT2D eigenvalue weighted by atomic mass is 9.88. The van der Waals surface area contributed by atoms with Gasteiger partial charge in [-0.1, -0.05) is 97.1 Å². The fraction of sp³-hybridized carbons (Fsp3) is 0. The molecule has 0 aliphatic carbocycles. The summed E-state index contributed by atoms with van der Waals surface area (Å²) in [5.74, 6) is 1.71. The summed E-state index contributed by atoms with van der Waals surface area (Å²) in [6.07, 6.45) is 8.85. The van der Waals surface area contributed by atoms with Gasteiger partial charge < -0.3 is 0 Å². The molecule has 0 bridgehead atoms. The summed E-state index contributed by atoms with van der Waals surface area (Å²) in [7, 11) is 0. The highest BCUT2D eigenvalue weighted by Crippen LogP contribution is 2.41. The van der Waals surface area contributed by atoms with Crippen molar-refractivity contribution in [2.75, 3.05) is 0 Å². The van der Waals surface area contributed by atoms with E-state index in [1.54, 1.807) is 24.8 Å². The molecule has 4 heterocycles. The zero-order valence-corrected chi connectivity index (χ0v) is 28.0. The number of fused-ring (bicyclic) bond motifs is 1. The third kappa shape index (κ3) is 6.10. The van der Waals surface area contributed by atoms with Gasteiger partial charge in [-0.25, -0.2) is 15.0 Å². The van der Waals surface area contributed by atoms with E-state index in [2.05, 4.69) is 131 Å². The summed E-state index contributed by atoms with van der Waals surface area (Å²) >= 11 is 0. The second kappa shape index (κ2) is 13.6. The number of benzene rings is 5. The molecule has 0 radical (unpaired) electrons. The van der Waals surface area contributed by atoms with Gasteiger partial charge in [-0.2, -0.15) is 0 Å². The Hall–Kier alpha value is -7.18. The summed E-state index contributed by atoms with van der Waals surface area (Å²) in [6, 6.07) is 52.5. The minimum Gasteiger partial charge on any atom is -0.265 e. The van der Waals surface area contributed by atoms with Crippen molar-refractivity contribution in [2.24, 2.45) is 0 Å². The molecule has 0 aliphatic rings. The van der Waals surface area contributed by atoms with Crippen LogP contribution >= 0.6 is 0 Å². The van der Waals surface area contributed by atoms with Crippen molar-refractivity contribution < 1.29 is 0 Å². The number of para-hydroxylation sites is 1. The molecule has 9 rings (SSSR count). The maximum atomic E-state index is 5.03. The molecule has 0 aliphatic heterocycles. The predicted octanol–water partition coefficient (Wildman–Crippen LogP) is 10.9. The van der Waals surface area contributed by atoms with Crippen molar-refractivity contribution in [1.29, 1.82) is 0 Å². The first-order valence-corrected chi connectivity index (χ1v) is 17.1. The van der Waals surface area contributed by atoms with Crippen LogP contribution in [0.3, 0.4) is 0 Å². The van der Waals surface area contributed by atoms with Gasteiger partial charge in [0.25, 0.3) is 0 Å². The summed E-state index contributed by atoms with van der Waals surface area (Å²) in [6.45, 7) is 0. The van der Waals surface area contributed by atoms with Crippen molar-refractivity contribution in [3.05, 3.63) is 183 Å². The molecule has 0 spiro atoms. The van der Waals surface area contributed by atoms with E-state index in [0.717, 1.165) is 72.1 Å². The van der Waals surface area contributed by atoms with Crippen LogP contribution in [0.5, 0.6) is 0 Å². The molecule has 6 heteroatoms. The SMILES string of the molecule is c1ccc(-c2cc(-c3ccccc3)cc(-c3ccc(-c4nc(-c5ccncc5)nc(-c5ccncc5)n4)cc3-c3cccc4cccnc34)c2)cc1. The first kappa shape index (κ1) is 30.8. The molecule has 0 amide bonds. The zero-order chi connectivity index (χ0) is 34.7. The fourth-order valence-corrected chi connectivity index (χ4v) is 6.62. The lowest BCUT2D eigenvalue weighted by molar-refractivity contribution is 1.07. The van der Waals surface area contributed by atoms with Crippen LogP contribution in [0.15, 0.2) is 183 Å². The second-order valence-corrected chi connectivity index (χ2v) is 12.5. The average molecular weight is 667 g/mol. The monoisotopic (exact) mass is 666 g/mol. The van der Waals surface area contributed by atoms with E-state index >= 15 is 0 Å². The molecule has 0 saturated carbocycles. The molecule has 0 atom stereocenters. The van der Waals surface area contributed by atoms with E-state index in [9.17, 15) is 0 Å². The highest BCUT2D eigenvalue weighted by atomic mass is 15.0. The Kier molecular flexibility index (Phi) is 8.08. The van der Waals surface area contributed by atoms with Crippen LogP contribution in [0.1, 0.15) is 0 Å². The highest BCUT2D eigenvalue weighted by molar-refractivity contribution is 6.00. The first-order chi connectivity index (χ1) is 25.8. The molecule has 0 N–H and O–H groups in total. The molecule has 5 aromatic carbocycles. The standard InChI is InChI=1S/C46H30N6/c1-3-9-31(10-4-1)37-27-38(32-11-5-2-6-12-32)29-39(28-37)40-17-16-36(30-42(40)41-15-7-13-33-14-8-22-49-43(33)41)46-51-44(34-18-23-47-24-19-34)50-45(52-46)35-20-25-48-26-21-35/h1-30H. The normalized spacial score (nSPS) is 11.1. The maximum Gasteiger partial charge on any atom is 0.164 e. The Morgan fingerprint density at radius 3 is 1.42 bits per heavy atom. The van der Waals surface area contributed by atoms with Crippen molar-refractivity contribution >= 4 is 10.9 Å². The number of nitrogens with zero attached hydrogens (tertiary/aromatic N) is 6. The molecule has 244 valence electrons. The third-order valence-electron chi connectivity index (χ3n) is 9.17. The van der Waals surface area contributed by atoms with E-state index in [-0.39, 0.29) is 0 Å². The molecule has 0 saturated heterocycles. The average Bonchev–Trinajstić information content (AvgIpc) is 3.24. The molecule has 9 aromatic rings. The molecule has 4 aromatic heterocycles. The van der Waals surface area contributed by atoms with Gasteiger partial charge in [0.1, 0.15) is 0 Å². The number of pyridine rings is 3. The third-order valence-corrected chi connectivity index (χ3v) is 9.17. The summed E-state index contributed by atoms with van der Waals surface area (Å²) in [5, 5.41) is 1.07. The van der Waals surface area contributed by atoms with Gasteiger partial charge in [-0.15, -0.1) is 0 Å². The lowest BCUT2D eigenvalue weighted by Gasteiger charge is -2.17. The van der Waals surface area contributed by atoms with Gasteiger partial charge in [-0.3, -0.25) is 15.0 Å². The van der Waals surface area contributed by atoms with Crippen molar-refractivity contribution in [2.45, 2.75) is 0 Å². The Morgan fingerprint density at radius 2 is 0.827 bits per heavy atom. The highest BCUT2D eigenvalue weighted by Gasteiger charge is 2.18. The van der Waals surface area contributed by atoms with E-state index in [0.29, 0.717) is 17.5 Å². The van der Waals surface area contributed by atoms with Crippen LogP contribution in [-0.2, 0) is 0 Å². The van der Waals surface area contributed by atoms with Gasteiger partial charge in [0.05, 0.1) is 5.52 Å². The van der Waals surface area contributed by atoms with Gasteiger partial charge in [0, 0.05) is 58.6 Å². The Bertz CT molecular complexity index is 2540. The summed E-state index contributed by atoms with van der Waals surface area (Å²) in [4.78, 5) is 28.2. The smallest absolute Gasteiger partial charge is 0.164 e. The van der Waals surface area contributed by atoms with E-state index < -0.39 is 0 Å². The molecule has 0 unspecified atom stereocenters. The van der Waals surface area contributed by atoms with Gasteiger partial charge in [0.2, 0.25) is 0 Å². The first-order valence-electron chi connectivity index (χ1n) is 17.1. The van der Waals surface area contributed by atoms with E-state index in [1.165, 1.54) is 0 Å². The van der Waals surface area contributed by atoms with E-state index in [1.807, 2.05) is 36.5 Å². The van der Waals surface area contributed by atoms with Crippen LogP contribution in [0.4, 0.5) is 0 Å². The van der Waals surface area contributed by atoms with Crippen molar-refractivity contribution in [3.63, 3.8) is 0 Å². The molecule has 52 heavy (non-hydrogen) atoms. The second-order valence-electron chi connectivity index (χ2n) is 12.5. The van der Waals surface area contributed by atoms with E-state index in [4.69, 9.17) is 19.9 Å². The summed E-state index contributed by atoms with van der Waals surface area (Å²) < 4.78 is 0. The number of rotatable bonds is 7. The topological polar surface area (TPSA) is 77.3 Å². The van der Waals surface area contributed by atoms with Gasteiger partial charge >= 0.3 is 0 Å². The van der Waals surface area contributed by atoms with Crippen molar-refractivity contribution in [1.82, 2.24) is 29.9 Å². The molecular weight excluding hydrogens is 637 g/mol. The predicted molar refractivity (Wildman–Crippen MR) is 209 cm³/mol. The largest absolute Gasteiger partial charge is 0.265 e. The maximum absolute atomic E-state index is 5.03. The number of hydrogen-bond acceptors (Lipinski definition) is 6. The van der Waals surface area contributed by atoms with Crippen LogP contribution < -0.4 is 0 Å². The van der Waals surface area contributed by atoms with Crippen LogP contribution in [0, 0.1) is 0 Å². The minimum atomic E-state index is 0.567. The van der Waals surface area contributed by atoms with Gasteiger partial charge in [-0.05, 0) is 93.5 Å². The summed E-state index contributed by atoms with van der Waals surface area (Å²) in [5.41, 5.74) is 12.3. The Balaban J connectivity index is 1.30. The van der Waals surface area contributed by atoms with Crippen LogP contribution in [0.25, 0.3) is 89.6 Å². The van der Waals surface area contributed by atoms with Crippen LogP contribution in [-0.4, -0.2) is 29.9 Å². The fourth-order valence-electron chi connectivity index (χ4n) is 6.62. The molecular formula is C46H30N6. The number of aromatic nitrogens is 6. The van der Waals surface area contributed by atoms with Gasteiger partial charge in [0.15, 0.2) is 17.5 Å². The zero-order valence-electron chi connectivity index (χ0n) is 28.0.